The molecule has 2 aromatic rings. The number of fused-ring (bicyclic) bond motifs is 1. The van der Waals surface area contributed by atoms with Gasteiger partial charge < -0.3 is 9.73 Å². The van der Waals surface area contributed by atoms with E-state index in [0.717, 1.165) is 17.3 Å². The van der Waals surface area contributed by atoms with Gasteiger partial charge in [-0.2, -0.15) is 0 Å². The topological polar surface area (TPSA) is 25.2 Å². The number of hydrogen-bond donors (Lipinski definition) is 1. The van der Waals surface area contributed by atoms with Crippen molar-refractivity contribution in [3.05, 3.63) is 36.1 Å². The van der Waals surface area contributed by atoms with Gasteiger partial charge in [-0.15, -0.1) is 0 Å². The average molecular weight is 285 g/mol. The quantitative estimate of drug-likeness (QED) is 0.806. The van der Waals surface area contributed by atoms with Gasteiger partial charge in [-0.05, 0) is 43.9 Å². The lowest BCUT2D eigenvalue weighted by Gasteiger charge is -2.32. The monoisotopic (exact) mass is 285 g/mol. The molecule has 2 nitrogen and oxygen atoms in total. The van der Waals surface area contributed by atoms with E-state index < -0.39 is 0 Å². The summed E-state index contributed by atoms with van der Waals surface area (Å²) in [4.78, 5) is 0. The maximum absolute atomic E-state index is 6.09. The molecule has 1 saturated carbocycles. The Labute approximate surface area is 127 Å². The first-order chi connectivity index (χ1) is 10.3. The predicted molar refractivity (Wildman–Crippen MR) is 88.4 cm³/mol. The highest BCUT2D eigenvalue weighted by molar-refractivity contribution is 5.77. The molecule has 1 aromatic carbocycles. The zero-order chi connectivity index (χ0) is 14.7. The third kappa shape index (κ3) is 3.16. The molecule has 1 aliphatic carbocycles. The van der Waals surface area contributed by atoms with Gasteiger partial charge >= 0.3 is 0 Å². The number of rotatable bonds is 5. The van der Waals surface area contributed by atoms with E-state index in [-0.39, 0.29) is 0 Å². The third-order valence-electron chi connectivity index (χ3n) is 5.12. The second-order valence-corrected chi connectivity index (χ2v) is 6.52. The van der Waals surface area contributed by atoms with Crippen molar-refractivity contribution in [3.8, 4) is 0 Å². The van der Waals surface area contributed by atoms with E-state index in [4.69, 9.17) is 4.42 Å². The van der Waals surface area contributed by atoms with E-state index >= 15 is 0 Å². The molecule has 0 bridgehead atoms. The number of nitrogens with one attached hydrogen (secondary N) is 1. The van der Waals surface area contributed by atoms with Gasteiger partial charge in [0, 0.05) is 5.39 Å². The third-order valence-corrected chi connectivity index (χ3v) is 5.12. The summed E-state index contributed by atoms with van der Waals surface area (Å²) in [5.41, 5.74) is 1.01. The van der Waals surface area contributed by atoms with Crippen LogP contribution in [0, 0.1) is 11.8 Å². The fourth-order valence-corrected chi connectivity index (χ4v) is 3.98. The second kappa shape index (κ2) is 6.65. The molecule has 0 spiro atoms. The van der Waals surface area contributed by atoms with Crippen LogP contribution in [0.25, 0.3) is 11.0 Å². The summed E-state index contributed by atoms with van der Waals surface area (Å²) in [7, 11) is 2.07. The van der Waals surface area contributed by atoms with Crippen molar-refractivity contribution >= 4 is 11.0 Å². The normalized spacial score (nSPS) is 24.3. The Morgan fingerprint density at radius 2 is 1.95 bits per heavy atom. The van der Waals surface area contributed by atoms with Gasteiger partial charge in [0.05, 0.1) is 6.04 Å². The van der Waals surface area contributed by atoms with Crippen LogP contribution >= 0.6 is 0 Å². The van der Waals surface area contributed by atoms with Gasteiger partial charge in [-0.3, -0.25) is 0 Å². The Kier molecular flexibility index (Phi) is 4.64. The molecule has 2 heteroatoms. The minimum Gasteiger partial charge on any atom is -0.459 e. The Hall–Kier alpha value is -1.28. The Balaban J connectivity index is 1.73. The van der Waals surface area contributed by atoms with E-state index in [1.54, 1.807) is 0 Å². The van der Waals surface area contributed by atoms with Crippen LogP contribution in [0.2, 0.25) is 0 Å². The molecule has 1 unspecified atom stereocenters. The van der Waals surface area contributed by atoms with E-state index in [1.807, 2.05) is 6.07 Å². The minimum absolute atomic E-state index is 0.361. The van der Waals surface area contributed by atoms with Gasteiger partial charge in [-0.25, -0.2) is 0 Å². The summed E-state index contributed by atoms with van der Waals surface area (Å²) in [5, 5.41) is 4.72. The molecular weight excluding hydrogens is 258 g/mol. The Morgan fingerprint density at radius 1 is 1.19 bits per heavy atom. The van der Waals surface area contributed by atoms with E-state index in [0.29, 0.717) is 12.0 Å². The van der Waals surface area contributed by atoms with E-state index in [1.165, 1.54) is 43.9 Å². The van der Waals surface area contributed by atoms with Crippen LogP contribution in [0.1, 0.15) is 57.3 Å². The SMILES string of the molecule is CCCC1CCC(C(NC)c2cc3ccccc3o2)CC1. The second-order valence-electron chi connectivity index (χ2n) is 6.52. The Bertz CT molecular complexity index is 533. The molecule has 0 saturated heterocycles. The molecule has 1 N–H and O–H groups in total. The standard InChI is InChI=1S/C19H27NO/c1-3-6-14-9-11-15(12-10-14)19(20-2)18-13-16-7-4-5-8-17(16)21-18/h4-5,7-8,13-15,19-20H,3,6,9-12H2,1-2H3. The van der Waals surface area contributed by atoms with Gasteiger partial charge in [0.1, 0.15) is 11.3 Å². The molecule has 0 amide bonds. The lowest BCUT2D eigenvalue weighted by molar-refractivity contribution is 0.206. The molecule has 3 rings (SSSR count). The summed E-state index contributed by atoms with van der Waals surface area (Å²) >= 11 is 0. The largest absolute Gasteiger partial charge is 0.459 e. The van der Waals surface area contributed by atoms with Crippen LogP contribution in [-0.2, 0) is 0 Å². The van der Waals surface area contributed by atoms with Crippen molar-refractivity contribution in [2.75, 3.05) is 7.05 Å². The van der Waals surface area contributed by atoms with Gasteiger partial charge in [0.15, 0.2) is 0 Å². The van der Waals surface area contributed by atoms with Crippen molar-refractivity contribution in [1.29, 1.82) is 0 Å². The molecule has 1 atom stereocenters. The van der Waals surface area contributed by atoms with Crippen molar-refractivity contribution in [1.82, 2.24) is 5.32 Å². The number of para-hydroxylation sites is 1. The number of benzene rings is 1. The fraction of sp³-hybridized carbons (Fsp3) is 0.579. The maximum atomic E-state index is 6.09. The zero-order valence-electron chi connectivity index (χ0n) is 13.3. The first kappa shape index (κ1) is 14.6. The summed E-state index contributed by atoms with van der Waals surface area (Å²) < 4.78 is 6.09. The lowest BCUT2D eigenvalue weighted by atomic mass is 9.76. The summed E-state index contributed by atoms with van der Waals surface area (Å²) in [5.74, 6) is 2.78. The molecule has 1 aliphatic rings. The molecule has 1 aromatic heterocycles. The summed E-state index contributed by atoms with van der Waals surface area (Å²) in [6.07, 6.45) is 8.16. The van der Waals surface area contributed by atoms with Crippen LogP contribution in [0.5, 0.6) is 0 Å². The number of furan rings is 1. The molecule has 21 heavy (non-hydrogen) atoms. The van der Waals surface area contributed by atoms with Gasteiger partial charge in [-0.1, -0.05) is 50.8 Å². The predicted octanol–water partition coefficient (Wildman–Crippen LogP) is 5.30. The van der Waals surface area contributed by atoms with E-state index in [2.05, 4.69) is 43.6 Å². The van der Waals surface area contributed by atoms with Crippen molar-refractivity contribution in [2.24, 2.45) is 11.8 Å². The Morgan fingerprint density at radius 3 is 2.62 bits per heavy atom. The highest BCUT2D eigenvalue weighted by Crippen LogP contribution is 2.39. The molecule has 0 radical (unpaired) electrons. The first-order valence-corrected chi connectivity index (χ1v) is 8.47. The van der Waals surface area contributed by atoms with E-state index in [9.17, 15) is 0 Å². The van der Waals surface area contributed by atoms with Crippen LogP contribution in [0.15, 0.2) is 34.7 Å². The highest BCUT2D eigenvalue weighted by Gasteiger charge is 2.29. The highest BCUT2D eigenvalue weighted by atomic mass is 16.3. The van der Waals surface area contributed by atoms with Crippen LogP contribution in [-0.4, -0.2) is 7.05 Å². The fourth-order valence-electron chi connectivity index (χ4n) is 3.98. The minimum atomic E-state index is 0.361. The molecule has 1 heterocycles. The molecule has 0 aliphatic heterocycles. The van der Waals surface area contributed by atoms with Gasteiger partial charge in [0.2, 0.25) is 0 Å². The molecular formula is C19H27NO. The van der Waals surface area contributed by atoms with Crippen molar-refractivity contribution < 1.29 is 4.42 Å². The first-order valence-electron chi connectivity index (χ1n) is 8.47. The lowest BCUT2D eigenvalue weighted by Crippen LogP contribution is -2.28. The van der Waals surface area contributed by atoms with Crippen LogP contribution in [0.3, 0.4) is 0 Å². The number of hydrogen-bond acceptors (Lipinski definition) is 2. The van der Waals surface area contributed by atoms with Crippen LogP contribution in [0.4, 0.5) is 0 Å². The van der Waals surface area contributed by atoms with Gasteiger partial charge in [0.25, 0.3) is 0 Å². The van der Waals surface area contributed by atoms with Crippen molar-refractivity contribution in [3.63, 3.8) is 0 Å². The smallest absolute Gasteiger partial charge is 0.134 e. The maximum Gasteiger partial charge on any atom is 0.134 e. The average Bonchev–Trinajstić information content (AvgIpc) is 2.93. The van der Waals surface area contributed by atoms with Crippen molar-refractivity contribution in [2.45, 2.75) is 51.5 Å². The zero-order valence-corrected chi connectivity index (χ0v) is 13.3. The van der Waals surface area contributed by atoms with Crippen LogP contribution < -0.4 is 5.32 Å². The summed E-state index contributed by atoms with van der Waals surface area (Å²) in [6.45, 7) is 2.30. The summed E-state index contributed by atoms with van der Waals surface area (Å²) in [6, 6.07) is 10.9. The molecule has 1 fully saturated rings. The molecule has 114 valence electrons.